The molecule has 0 aliphatic rings. The standard InChI is InChI=1S/C16H17F3N4O.HI/c17-16(18,19)24-14-5-3-13(4-6-14)11-23-15(20)22-9-7-12-2-1-8-21-10-12;/h1-6,8,10H,7,9,11H2,(H3,20,22,23);1H. The number of hydrogen-bond donors (Lipinski definition) is 2. The van der Waals surface area contributed by atoms with Gasteiger partial charge in [-0.05, 0) is 35.7 Å². The first-order valence-corrected chi connectivity index (χ1v) is 7.20. The molecule has 0 aliphatic carbocycles. The summed E-state index contributed by atoms with van der Waals surface area (Å²) < 4.78 is 40.0. The van der Waals surface area contributed by atoms with E-state index in [2.05, 4.69) is 20.0 Å². The van der Waals surface area contributed by atoms with E-state index in [1.54, 1.807) is 12.4 Å². The molecule has 9 heteroatoms. The molecule has 136 valence electrons. The molecule has 0 saturated carbocycles. The molecule has 1 aromatic carbocycles. The van der Waals surface area contributed by atoms with Crippen LogP contribution in [0.5, 0.6) is 5.75 Å². The predicted molar refractivity (Wildman–Crippen MR) is 99.8 cm³/mol. The van der Waals surface area contributed by atoms with Gasteiger partial charge in [-0.15, -0.1) is 37.1 Å². The van der Waals surface area contributed by atoms with Gasteiger partial charge in [0, 0.05) is 18.9 Å². The first-order valence-electron chi connectivity index (χ1n) is 7.20. The van der Waals surface area contributed by atoms with Gasteiger partial charge in [0.1, 0.15) is 5.75 Å². The Morgan fingerprint density at radius 2 is 1.88 bits per heavy atom. The number of nitrogens with two attached hydrogens (primary N) is 1. The SMILES string of the molecule is I.NC(=NCc1ccc(OC(F)(F)F)cc1)NCCc1cccnc1. The van der Waals surface area contributed by atoms with E-state index >= 15 is 0 Å². The van der Waals surface area contributed by atoms with Crippen molar-refractivity contribution in [3.05, 3.63) is 59.9 Å². The molecular formula is C16H18F3IN4O. The number of halogens is 4. The van der Waals surface area contributed by atoms with Crippen molar-refractivity contribution in [2.75, 3.05) is 6.54 Å². The highest BCUT2D eigenvalue weighted by Gasteiger charge is 2.30. The molecule has 0 fully saturated rings. The third-order valence-corrected chi connectivity index (χ3v) is 3.03. The van der Waals surface area contributed by atoms with Gasteiger partial charge >= 0.3 is 6.36 Å². The number of nitrogens with zero attached hydrogens (tertiary/aromatic N) is 2. The van der Waals surface area contributed by atoms with Crippen LogP contribution in [0.2, 0.25) is 0 Å². The number of aromatic nitrogens is 1. The Labute approximate surface area is 160 Å². The molecule has 0 spiro atoms. The van der Waals surface area contributed by atoms with E-state index in [-0.39, 0.29) is 42.2 Å². The molecule has 3 N–H and O–H groups in total. The number of ether oxygens (including phenoxy) is 1. The Morgan fingerprint density at radius 1 is 1.16 bits per heavy atom. The number of alkyl halides is 3. The highest BCUT2D eigenvalue weighted by Crippen LogP contribution is 2.22. The van der Waals surface area contributed by atoms with Crippen LogP contribution in [0, 0.1) is 0 Å². The minimum absolute atomic E-state index is 0. The van der Waals surface area contributed by atoms with Crippen molar-refractivity contribution >= 4 is 29.9 Å². The third kappa shape index (κ3) is 8.57. The summed E-state index contributed by atoms with van der Waals surface area (Å²) in [5, 5.41) is 2.97. The number of aliphatic imine (C=N–C) groups is 1. The number of benzene rings is 1. The van der Waals surface area contributed by atoms with Crippen LogP contribution >= 0.6 is 24.0 Å². The molecule has 1 aromatic heterocycles. The van der Waals surface area contributed by atoms with E-state index in [9.17, 15) is 13.2 Å². The summed E-state index contributed by atoms with van der Waals surface area (Å²) >= 11 is 0. The number of hydrogen-bond acceptors (Lipinski definition) is 3. The van der Waals surface area contributed by atoms with Crippen LogP contribution in [0.25, 0.3) is 0 Å². The quantitative estimate of drug-likeness (QED) is 0.390. The van der Waals surface area contributed by atoms with Gasteiger partial charge in [0.05, 0.1) is 6.54 Å². The number of guanidine groups is 1. The van der Waals surface area contributed by atoms with Crippen LogP contribution in [-0.2, 0) is 13.0 Å². The molecule has 5 nitrogen and oxygen atoms in total. The van der Waals surface area contributed by atoms with Crippen LogP contribution in [-0.4, -0.2) is 23.9 Å². The fourth-order valence-corrected chi connectivity index (χ4v) is 1.91. The normalized spacial score (nSPS) is 11.6. The molecule has 0 amide bonds. The Hall–Kier alpha value is -2.04. The van der Waals surface area contributed by atoms with Gasteiger partial charge in [-0.1, -0.05) is 18.2 Å². The van der Waals surface area contributed by atoms with Crippen LogP contribution in [0.3, 0.4) is 0 Å². The van der Waals surface area contributed by atoms with Gasteiger partial charge < -0.3 is 15.8 Å². The lowest BCUT2D eigenvalue weighted by atomic mass is 10.2. The van der Waals surface area contributed by atoms with Gasteiger partial charge in [0.2, 0.25) is 0 Å². The second kappa shape index (κ2) is 10.1. The molecule has 0 bridgehead atoms. The first-order chi connectivity index (χ1) is 11.4. The predicted octanol–water partition coefficient (Wildman–Crippen LogP) is 3.25. The summed E-state index contributed by atoms with van der Waals surface area (Å²) in [6, 6.07) is 9.32. The summed E-state index contributed by atoms with van der Waals surface area (Å²) in [4.78, 5) is 8.15. The third-order valence-electron chi connectivity index (χ3n) is 3.03. The van der Waals surface area contributed by atoms with E-state index in [0.29, 0.717) is 6.54 Å². The van der Waals surface area contributed by atoms with Gasteiger partial charge in [0.15, 0.2) is 5.96 Å². The van der Waals surface area contributed by atoms with Crippen LogP contribution in [0.1, 0.15) is 11.1 Å². The zero-order chi connectivity index (χ0) is 17.4. The molecule has 0 saturated heterocycles. The highest BCUT2D eigenvalue weighted by molar-refractivity contribution is 14.0. The Kier molecular flexibility index (Phi) is 8.46. The smallest absolute Gasteiger partial charge is 0.406 e. The molecule has 2 rings (SSSR count). The number of rotatable bonds is 6. The number of nitrogens with one attached hydrogen (secondary N) is 1. The van der Waals surface area contributed by atoms with E-state index in [1.165, 1.54) is 24.3 Å². The van der Waals surface area contributed by atoms with Gasteiger partial charge in [-0.25, -0.2) is 4.99 Å². The summed E-state index contributed by atoms with van der Waals surface area (Å²) in [5.74, 6) is 0.00676. The fourth-order valence-electron chi connectivity index (χ4n) is 1.91. The Morgan fingerprint density at radius 3 is 2.48 bits per heavy atom. The van der Waals surface area contributed by atoms with Gasteiger partial charge in [-0.3, -0.25) is 4.98 Å². The van der Waals surface area contributed by atoms with Gasteiger partial charge in [-0.2, -0.15) is 0 Å². The average Bonchev–Trinajstić information content (AvgIpc) is 2.54. The second-order valence-corrected chi connectivity index (χ2v) is 4.93. The zero-order valence-corrected chi connectivity index (χ0v) is 15.5. The monoisotopic (exact) mass is 466 g/mol. The molecule has 0 radical (unpaired) electrons. The molecule has 0 aliphatic heterocycles. The van der Waals surface area contributed by atoms with Crippen LogP contribution in [0.15, 0.2) is 53.8 Å². The van der Waals surface area contributed by atoms with Crippen molar-refractivity contribution in [1.82, 2.24) is 10.3 Å². The van der Waals surface area contributed by atoms with Crippen LogP contribution < -0.4 is 15.8 Å². The maximum atomic E-state index is 12.1. The Balaban J connectivity index is 0.00000312. The molecule has 2 aromatic rings. The molecule has 0 atom stereocenters. The molecule has 25 heavy (non-hydrogen) atoms. The summed E-state index contributed by atoms with van der Waals surface area (Å²) in [5.41, 5.74) is 7.55. The van der Waals surface area contributed by atoms with Crippen molar-refractivity contribution < 1.29 is 17.9 Å². The largest absolute Gasteiger partial charge is 0.573 e. The lowest BCUT2D eigenvalue weighted by molar-refractivity contribution is -0.274. The Bertz CT molecular complexity index is 663. The maximum absolute atomic E-state index is 12.1. The lowest BCUT2D eigenvalue weighted by Gasteiger charge is -2.09. The summed E-state index contributed by atoms with van der Waals surface area (Å²) in [7, 11) is 0. The minimum atomic E-state index is -4.69. The van der Waals surface area contributed by atoms with E-state index in [4.69, 9.17) is 5.73 Å². The maximum Gasteiger partial charge on any atom is 0.573 e. The van der Waals surface area contributed by atoms with E-state index in [0.717, 1.165) is 17.5 Å². The van der Waals surface area contributed by atoms with Crippen LogP contribution in [0.4, 0.5) is 13.2 Å². The van der Waals surface area contributed by atoms with E-state index < -0.39 is 6.36 Å². The van der Waals surface area contributed by atoms with Crippen molar-refractivity contribution in [1.29, 1.82) is 0 Å². The van der Waals surface area contributed by atoms with Crippen molar-refractivity contribution in [3.63, 3.8) is 0 Å². The minimum Gasteiger partial charge on any atom is -0.406 e. The first kappa shape index (κ1) is 21.0. The summed E-state index contributed by atoms with van der Waals surface area (Å²) in [6.07, 6.45) is -0.451. The lowest BCUT2D eigenvalue weighted by Crippen LogP contribution is -2.33. The zero-order valence-electron chi connectivity index (χ0n) is 13.2. The van der Waals surface area contributed by atoms with E-state index in [1.807, 2.05) is 12.1 Å². The van der Waals surface area contributed by atoms with Gasteiger partial charge in [0.25, 0.3) is 0 Å². The summed E-state index contributed by atoms with van der Waals surface area (Å²) in [6.45, 7) is 0.872. The molecule has 1 heterocycles. The topological polar surface area (TPSA) is 72.5 Å². The van der Waals surface area contributed by atoms with Crippen molar-refractivity contribution in [2.24, 2.45) is 10.7 Å². The van der Waals surface area contributed by atoms with Crippen molar-refractivity contribution in [3.8, 4) is 5.75 Å². The second-order valence-electron chi connectivity index (χ2n) is 4.93. The fraction of sp³-hybridized carbons (Fsp3) is 0.250. The number of pyridine rings is 1. The molecular weight excluding hydrogens is 448 g/mol. The molecule has 0 unspecified atom stereocenters. The highest BCUT2D eigenvalue weighted by atomic mass is 127. The van der Waals surface area contributed by atoms with Crippen molar-refractivity contribution in [2.45, 2.75) is 19.3 Å². The average molecular weight is 466 g/mol.